The first kappa shape index (κ1) is 13.4. The largest absolute Gasteiger partial charge is 0.376 e. The molecule has 0 saturated heterocycles. The van der Waals surface area contributed by atoms with E-state index in [1.807, 2.05) is 6.92 Å². The van der Waals surface area contributed by atoms with Gasteiger partial charge in [-0.3, -0.25) is 9.89 Å². The summed E-state index contributed by atoms with van der Waals surface area (Å²) < 4.78 is 1.63. The van der Waals surface area contributed by atoms with Crippen LogP contribution in [0.1, 0.15) is 18.5 Å². The number of hydrogen-bond acceptors (Lipinski definition) is 4. The fourth-order valence-corrected chi connectivity index (χ4v) is 2.00. The van der Waals surface area contributed by atoms with Crippen molar-refractivity contribution >= 4 is 21.6 Å². The molecular formula is C12H12BrN5O. The maximum Gasteiger partial charge on any atom is 0.284 e. The van der Waals surface area contributed by atoms with E-state index in [4.69, 9.17) is 6.42 Å². The molecule has 98 valence electrons. The van der Waals surface area contributed by atoms with E-state index in [2.05, 4.69) is 42.5 Å². The quantitative estimate of drug-likeness (QED) is 0.837. The second-order valence-electron chi connectivity index (χ2n) is 3.94. The Labute approximate surface area is 118 Å². The van der Waals surface area contributed by atoms with Gasteiger partial charge < -0.3 is 5.32 Å². The third-order valence-electron chi connectivity index (χ3n) is 2.62. The van der Waals surface area contributed by atoms with Crippen molar-refractivity contribution in [3.8, 4) is 12.3 Å². The van der Waals surface area contributed by atoms with E-state index in [1.165, 1.54) is 4.68 Å². The van der Waals surface area contributed by atoms with Crippen LogP contribution in [-0.4, -0.2) is 20.0 Å². The second-order valence-corrected chi connectivity index (χ2v) is 4.73. The van der Waals surface area contributed by atoms with Crippen LogP contribution in [0.15, 0.2) is 27.9 Å². The summed E-state index contributed by atoms with van der Waals surface area (Å²) in [6.07, 6.45) is 10.3. The Hall–Kier alpha value is -2.07. The van der Waals surface area contributed by atoms with Crippen LogP contribution < -0.4 is 10.9 Å². The molecule has 2 aromatic rings. The first-order valence-corrected chi connectivity index (χ1v) is 6.37. The molecule has 0 aromatic carbocycles. The molecule has 0 spiro atoms. The van der Waals surface area contributed by atoms with Crippen molar-refractivity contribution in [1.29, 1.82) is 0 Å². The lowest BCUT2D eigenvalue weighted by Crippen LogP contribution is -2.24. The van der Waals surface area contributed by atoms with Gasteiger partial charge in [-0.05, 0) is 22.9 Å². The third-order valence-corrected chi connectivity index (χ3v) is 3.38. The van der Waals surface area contributed by atoms with E-state index in [0.717, 1.165) is 5.56 Å². The van der Waals surface area contributed by atoms with E-state index >= 15 is 0 Å². The van der Waals surface area contributed by atoms with Gasteiger partial charge in [0, 0.05) is 11.8 Å². The average Bonchev–Trinajstić information content (AvgIpc) is 2.92. The number of hydrogen-bond donors (Lipinski definition) is 2. The molecule has 0 aliphatic heterocycles. The molecule has 6 nitrogen and oxygen atoms in total. The molecule has 0 aliphatic rings. The van der Waals surface area contributed by atoms with Gasteiger partial charge in [-0.15, -0.1) is 6.42 Å². The van der Waals surface area contributed by atoms with Crippen LogP contribution in [0.25, 0.3) is 0 Å². The Balaban J connectivity index is 2.25. The maximum atomic E-state index is 11.9. The van der Waals surface area contributed by atoms with Gasteiger partial charge in [-0.25, -0.2) is 4.68 Å². The summed E-state index contributed by atoms with van der Waals surface area (Å²) in [6, 6.07) is -0.000247. The zero-order valence-corrected chi connectivity index (χ0v) is 11.8. The van der Waals surface area contributed by atoms with Crippen LogP contribution in [0.3, 0.4) is 0 Å². The topological polar surface area (TPSA) is 75.6 Å². The lowest BCUT2D eigenvalue weighted by atomic mass is 10.2. The first-order chi connectivity index (χ1) is 9.13. The summed E-state index contributed by atoms with van der Waals surface area (Å²) in [7, 11) is 0. The average molecular weight is 322 g/mol. The monoisotopic (exact) mass is 321 g/mol. The van der Waals surface area contributed by atoms with Gasteiger partial charge in [0.25, 0.3) is 5.56 Å². The van der Waals surface area contributed by atoms with Gasteiger partial charge in [-0.1, -0.05) is 5.92 Å². The standard InChI is InChI=1S/C12H12BrN5O/c1-3-4-18-12(19)11(13)10(7-16-18)17-8(2)9-5-14-15-6-9/h1,5-8,17H,4H2,2H3,(H,14,15). The molecule has 1 unspecified atom stereocenters. The Morgan fingerprint density at radius 3 is 3.05 bits per heavy atom. The van der Waals surface area contributed by atoms with Gasteiger partial charge in [0.1, 0.15) is 11.0 Å². The predicted octanol–water partition coefficient (Wildman–Crippen LogP) is 1.54. The van der Waals surface area contributed by atoms with Gasteiger partial charge in [0.2, 0.25) is 0 Å². The summed E-state index contributed by atoms with van der Waals surface area (Å²) >= 11 is 3.26. The number of halogens is 1. The number of aromatic nitrogens is 4. The molecule has 0 fully saturated rings. The van der Waals surface area contributed by atoms with Gasteiger partial charge in [0.15, 0.2) is 0 Å². The Kier molecular flexibility index (Phi) is 4.02. The van der Waals surface area contributed by atoms with Crippen LogP contribution in [0.4, 0.5) is 5.69 Å². The van der Waals surface area contributed by atoms with E-state index in [9.17, 15) is 4.79 Å². The summed E-state index contributed by atoms with van der Waals surface area (Å²) in [6.45, 7) is 2.11. The van der Waals surface area contributed by atoms with Gasteiger partial charge in [-0.2, -0.15) is 10.2 Å². The second kappa shape index (κ2) is 5.71. The van der Waals surface area contributed by atoms with Crippen LogP contribution >= 0.6 is 15.9 Å². The molecule has 0 radical (unpaired) electrons. The molecule has 0 amide bonds. The van der Waals surface area contributed by atoms with E-state index in [1.54, 1.807) is 18.6 Å². The minimum Gasteiger partial charge on any atom is -0.376 e. The summed E-state index contributed by atoms with van der Waals surface area (Å²) in [4.78, 5) is 11.9. The Morgan fingerprint density at radius 1 is 1.63 bits per heavy atom. The van der Waals surface area contributed by atoms with Gasteiger partial charge >= 0.3 is 0 Å². The van der Waals surface area contributed by atoms with Crippen LogP contribution in [0.2, 0.25) is 0 Å². The molecule has 0 aliphatic carbocycles. The fraction of sp³-hybridized carbons (Fsp3) is 0.250. The van der Waals surface area contributed by atoms with E-state index in [0.29, 0.717) is 10.2 Å². The molecule has 19 heavy (non-hydrogen) atoms. The van der Waals surface area contributed by atoms with Crippen LogP contribution in [0, 0.1) is 12.3 Å². The third kappa shape index (κ3) is 2.85. The summed E-state index contributed by atoms with van der Waals surface area (Å²) in [5.74, 6) is 2.38. The highest BCUT2D eigenvalue weighted by molar-refractivity contribution is 9.10. The zero-order chi connectivity index (χ0) is 13.8. The SMILES string of the molecule is C#CCn1ncc(NC(C)c2cn[nH]c2)c(Br)c1=O. The molecule has 2 heterocycles. The Morgan fingerprint density at radius 2 is 2.42 bits per heavy atom. The molecular weight excluding hydrogens is 310 g/mol. The molecule has 7 heteroatoms. The molecule has 2 N–H and O–H groups in total. The number of aromatic amines is 1. The van der Waals surface area contributed by atoms with E-state index < -0.39 is 0 Å². The van der Waals surface area contributed by atoms with Crippen molar-refractivity contribution in [2.24, 2.45) is 0 Å². The molecule has 1 atom stereocenters. The summed E-state index contributed by atoms with van der Waals surface area (Å²) in [5, 5.41) is 13.8. The predicted molar refractivity (Wildman–Crippen MR) is 75.7 cm³/mol. The van der Waals surface area contributed by atoms with Crippen molar-refractivity contribution in [3.63, 3.8) is 0 Å². The first-order valence-electron chi connectivity index (χ1n) is 5.57. The van der Waals surface area contributed by atoms with Crippen molar-refractivity contribution in [2.45, 2.75) is 19.5 Å². The van der Waals surface area contributed by atoms with Crippen molar-refractivity contribution in [3.05, 3.63) is 39.0 Å². The molecule has 0 bridgehead atoms. The molecule has 2 aromatic heterocycles. The van der Waals surface area contributed by atoms with Crippen molar-refractivity contribution in [2.75, 3.05) is 5.32 Å². The Bertz CT molecular complexity index is 656. The minimum atomic E-state index is -0.262. The lowest BCUT2D eigenvalue weighted by molar-refractivity contribution is 0.658. The highest BCUT2D eigenvalue weighted by atomic mass is 79.9. The number of nitrogens with one attached hydrogen (secondary N) is 2. The van der Waals surface area contributed by atoms with Gasteiger partial charge in [0.05, 0.1) is 24.1 Å². The number of anilines is 1. The van der Waals surface area contributed by atoms with Crippen molar-refractivity contribution < 1.29 is 0 Å². The fourth-order valence-electron chi connectivity index (χ4n) is 1.58. The normalized spacial score (nSPS) is 11.8. The lowest BCUT2D eigenvalue weighted by Gasteiger charge is -2.14. The van der Waals surface area contributed by atoms with E-state index in [-0.39, 0.29) is 18.1 Å². The maximum absolute atomic E-state index is 11.9. The number of rotatable bonds is 4. The highest BCUT2D eigenvalue weighted by Gasteiger charge is 2.12. The number of terminal acetylenes is 1. The number of H-pyrrole nitrogens is 1. The smallest absolute Gasteiger partial charge is 0.284 e. The summed E-state index contributed by atoms with van der Waals surface area (Å²) in [5.41, 5.74) is 1.34. The molecule has 0 saturated carbocycles. The molecule has 2 rings (SSSR count). The van der Waals surface area contributed by atoms with Crippen molar-refractivity contribution in [1.82, 2.24) is 20.0 Å². The number of nitrogens with zero attached hydrogens (tertiary/aromatic N) is 3. The zero-order valence-electron chi connectivity index (χ0n) is 10.2. The van der Waals surface area contributed by atoms with Crippen LogP contribution in [-0.2, 0) is 6.54 Å². The minimum absolute atomic E-state index is 0.000247. The highest BCUT2D eigenvalue weighted by Crippen LogP contribution is 2.22. The van der Waals surface area contributed by atoms with Crippen LogP contribution in [0.5, 0.6) is 0 Å².